The van der Waals surface area contributed by atoms with E-state index in [1.807, 2.05) is 14.1 Å². The maximum absolute atomic E-state index is 12.0. The fourth-order valence-corrected chi connectivity index (χ4v) is 0.630. The number of rotatable bonds is 5. The summed E-state index contributed by atoms with van der Waals surface area (Å²) in [5, 5.41) is 10.2. The summed E-state index contributed by atoms with van der Waals surface area (Å²) in [4.78, 5) is 11.2. The predicted octanol–water partition coefficient (Wildman–Crippen LogP) is 2.26. The molecule has 0 aromatic rings. The Hall–Kier alpha value is -1.91. The molecule has 0 saturated heterocycles. The van der Waals surface area contributed by atoms with Gasteiger partial charge in [-0.05, 0) is 23.9 Å². The average molecular weight is 212 g/mol. The molecule has 0 aromatic heterocycles. The maximum atomic E-state index is 12.0. The van der Waals surface area contributed by atoms with Gasteiger partial charge in [0.15, 0.2) is 6.33 Å². The lowest BCUT2D eigenvalue weighted by atomic mass is 10.2. The zero-order valence-corrected chi connectivity index (χ0v) is 8.68. The van der Waals surface area contributed by atoms with Crippen molar-refractivity contribution in [2.75, 3.05) is 14.1 Å². The lowest BCUT2D eigenvalue weighted by Crippen LogP contribution is -1.99. The number of hydrogen-bond donors (Lipinski definition) is 0. The topological polar surface area (TPSA) is 46.4 Å². The first-order valence-electron chi connectivity index (χ1n) is 4.13. The molecule has 0 radical (unpaired) electrons. The molecule has 5 heteroatoms. The second-order valence-electron chi connectivity index (χ2n) is 2.98. The van der Waals surface area contributed by atoms with E-state index in [1.165, 1.54) is 6.08 Å². The molecular formula is C10H13FN2O2. The standard InChI is InChI=1S/C10H13FN2O2/c1-9(6-7-12(2)3)4-5-10(8-11)13(14)15/h4-8H,1H2,2-3H3/b5-4-,7-6+,10-8-. The molecule has 0 N–H and O–H groups in total. The van der Waals surface area contributed by atoms with Crippen molar-refractivity contribution >= 4 is 0 Å². The third-order valence-electron chi connectivity index (χ3n) is 1.38. The predicted molar refractivity (Wildman–Crippen MR) is 57.3 cm³/mol. The monoisotopic (exact) mass is 212 g/mol. The smallest absolute Gasteiger partial charge is 0.297 e. The largest absolute Gasteiger partial charge is 0.383 e. The Balaban J connectivity index is 4.41. The van der Waals surface area contributed by atoms with E-state index in [4.69, 9.17) is 0 Å². The first-order valence-corrected chi connectivity index (χ1v) is 4.13. The van der Waals surface area contributed by atoms with Crippen LogP contribution in [0.2, 0.25) is 0 Å². The molecule has 0 atom stereocenters. The fourth-order valence-electron chi connectivity index (χ4n) is 0.630. The van der Waals surface area contributed by atoms with Crippen molar-refractivity contribution in [1.29, 1.82) is 0 Å². The summed E-state index contributed by atoms with van der Waals surface area (Å²) >= 11 is 0. The highest BCUT2D eigenvalue weighted by molar-refractivity contribution is 5.30. The van der Waals surface area contributed by atoms with E-state index in [1.54, 1.807) is 17.2 Å². The van der Waals surface area contributed by atoms with Crippen LogP contribution in [0.15, 0.2) is 48.6 Å². The van der Waals surface area contributed by atoms with E-state index < -0.39 is 10.6 Å². The van der Waals surface area contributed by atoms with E-state index in [-0.39, 0.29) is 6.33 Å². The van der Waals surface area contributed by atoms with Crippen molar-refractivity contribution in [2.45, 2.75) is 0 Å². The second kappa shape index (κ2) is 6.53. The molecule has 4 nitrogen and oxygen atoms in total. The Morgan fingerprint density at radius 3 is 2.40 bits per heavy atom. The molecule has 0 fully saturated rings. The van der Waals surface area contributed by atoms with Gasteiger partial charge in [-0.3, -0.25) is 10.1 Å². The zero-order chi connectivity index (χ0) is 11.8. The SMILES string of the molecule is C=C(/C=C\C(=C\F)[N+](=O)[O-])/C=C/N(C)C. The Morgan fingerprint density at radius 1 is 1.40 bits per heavy atom. The van der Waals surface area contributed by atoms with Crippen LogP contribution in [0.4, 0.5) is 4.39 Å². The Labute approximate surface area is 87.8 Å². The van der Waals surface area contributed by atoms with Gasteiger partial charge in [0.2, 0.25) is 0 Å². The number of hydrogen-bond acceptors (Lipinski definition) is 3. The van der Waals surface area contributed by atoms with Gasteiger partial charge >= 0.3 is 0 Å². The lowest BCUT2D eigenvalue weighted by Gasteiger charge is -2.02. The van der Waals surface area contributed by atoms with Crippen molar-refractivity contribution < 1.29 is 9.31 Å². The van der Waals surface area contributed by atoms with E-state index >= 15 is 0 Å². The van der Waals surface area contributed by atoms with Crippen LogP contribution in [0.1, 0.15) is 0 Å². The molecule has 0 spiro atoms. The van der Waals surface area contributed by atoms with E-state index in [0.29, 0.717) is 5.57 Å². The van der Waals surface area contributed by atoms with Crippen molar-refractivity contribution in [2.24, 2.45) is 0 Å². The molecule has 0 heterocycles. The maximum Gasteiger partial charge on any atom is 0.297 e. The van der Waals surface area contributed by atoms with Crippen molar-refractivity contribution in [3.63, 3.8) is 0 Å². The van der Waals surface area contributed by atoms with Crippen LogP contribution >= 0.6 is 0 Å². The lowest BCUT2D eigenvalue weighted by molar-refractivity contribution is -0.420. The first-order chi connectivity index (χ1) is 6.97. The minimum absolute atomic E-state index is 0.0561. The van der Waals surface area contributed by atoms with Gasteiger partial charge < -0.3 is 4.90 Å². The molecule has 0 aliphatic rings. The zero-order valence-electron chi connectivity index (χ0n) is 8.68. The van der Waals surface area contributed by atoms with Crippen LogP contribution < -0.4 is 0 Å². The first kappa shape index (κ1) is 13.1. The molecular weight excluding hydrogens is 199 g/mol. The third-order valence-corrected chi connectivity index (χ3v) is 1.38. The van der Waals surface area contributed by atoms with Gasteiger partial charge in [0.25, 0.3) is 5.70 Å². The minimum Gasteiger partial charge on any atom is -0.383 e. The quantitative estimate of drug-likeness (QED) is 0.399. The van der Waals surface area contributed by atoms with Crippen molar-refractivity contribution in [3.05, 3.63) is 58.7 Å². The van der Waals surface area contributed by atoms with Gasteiger partial charge in [-0.1, -0.05) is 6.58 Å². The van der Waals surface area contributed by atoms with Crippen LogP contribution in [0.5, 0.6) is 0 Å². The molecule has 0 unspecified atom stereocenters. The van der Waals surface area contributed by atoms with Crippen LogP contribution in [0, 0.1) is 10.1 Å². The molecule has 0 rings (SSSR count). The van der Waals surface area contributed by atoms with E-state index in [0.717, 1.165) is 6.08 Å². The molecule has 0 aliphatic carbocycles. The van der Waals surface area contributed by atoms with Gasteiger partial charge in [0.05, 0.1) is 4.92 Å². The van der Waals surface area contributed by atoms with Crippen LogP contribution in [-0.4, -0.2) is 23.9 Å². The summed E-state index contributed by atoms with van der Waals surface area (Å²) in [6, 6.07) is 0. The van der Waals surface area contributed by atoms with E-state index in [9.17, 15) is 14.5 Å². The van der Waals surface area contributed by atoms with Gasteiger partial charge in [0, 0.05) is 20.2 Å². The van der Waals surface area contributed by atoms with Gasteiger partial charge in [0.1, 0.15) is 0 Å². The number of allylic oxidation sites excluding steroid dienone is 4. The third kappa shape index (κ3) is 6.20. The number of nitrogens with zero attached hydrogens (tertiary/aromatic N) is 2. The van der Waals surface area contributed by atoms with Gasteiger partial charge in [-0.15, -0.1) is 0 Å². The average Bonchev–Trinajstić information content (AvgIpc) is 2.15. The molecule has 0 saturated carbocycles. The van der Waals surface area contributed by atoms with Gasteiger partial charge in [-0.2, -0.15) is 0 Å². The second-order valence-corrected chi connectivity index (χ2v) is 2.98. The molecule has 15 heavy (non-hydrogen) atoms. The Kier molecular flexibility index (Phi) is 5.70. The highest BCUT2D eigenvalue weighted by Gasteiger charge is 2.04. The number of halogens is 1. The molecule has 82 valence electrons. The van der Waals surface area contributed by atoms with Crippen molar-refractivity contribution in [3.8, 4) is 0 Å². The Morgan fingerprint density at radius 2 is 2.00 bits per heavy atom. The molecule has 0 amide bonds. The highest BCUT2D eigenvalue weighted by Crippen LogP contribution is 2.03. The molecule has 0 bridgehead atoms. The normalized spacial score (nSPS) is 12.3. The van der Waals surface area contributed by atoms with Crippen LogP contribution in [0.3, 0.4) is 0 Å². The summed E-state index contributed by atoms with van der Waals surface area (Å²) in [6.45, 7) is 3.62. The highest BCUT2D eigenvalue weighted by atomic mass is 19.1. The summed E-state index contributed by atoms with van der Waals surface area (Å²) in [5.74, 6) is 0. The summed E-state index contributed by atoms with van der Waals surface area (Å²) in [5.41, 5.74) is -0.0562. The summed E-state index contributed by atoms with van der Waals surface area (Å²) in [6.07, 6.45) is 5.76. The van der Waals surface area contributed by atoms with Crippen LogP contribution in [0.25, 0.3) is 0 Å². The number of nitro groups is 1. The van der Waals surface area contributed by atoms with E-state index in [2.05, 4.69) is 6.58 Å². The minimum atomic E-state index is -0.806. The van der Waals surface area contributed by atoms with Crippen molar-refractivity contribution in [1.82, 2.24) is 4.90 Å². The van der Waals surface area contributed by atoms with Crippen LogP contribution in [-0.2, 0) is 0 Å². The molecule has 0 aromatic carbocycles. The molecule has 0 aliphatic heterocycles. The van der Waals surface area contributed by atoms with Gasteiger partial charge in [-0.25, -0.2) is 4.39 Å². The summed E-state index contributed by atoms with van der Waals surface area (Å²) < 4.78 is 12.0. The fraction of sp³-hybridized carbons (Fsp3) is 0.200. The Bertz CT molecular complexity index is 330. The summed E-state index contributed by atoms with van der Waals surface area (Å²) in [7, 11) is 3.66.